The minimum Gasteiger partial charge on any atom is -0.309 e. The van der Waals surface area contributed by atoms with E-state index in [0.717, 1.165) is 12.0 Å². The zero-order valence-corrected chi connectivity index (χ0v) is 6.47. The van der Waals surface area contributed by atoms with E-state index < -0.39 is 0 Å². The highest BCUT2D eigenvalue weighted by atomic mass is 14.9. The average molecular weight is 138 g/mol. The van der Waals surface area contributed by atoms with Crippen LogP contribution in [0.3, 0.4) is 0 Å². The van der Waals surface area contributed by atoms with Gasteiger partial charge in [-0.15, -0.1) is 0 Å². The van der Waals surface area contributed by atoms with E-state index >= 15 is 0 Å². The predicted octanol–water partition coefficient (Wildman–Crippen LogP) is 2.09. The van der Waals surface area contributed by atoms with Crippen molar-refractivity contribution in [2.75, 3.05) is 0 Å². The number of piperidine rings is 1. The van der Waals surface area contributed by atoms with Gasteiger partial charge < -0.3 is 5.32 Å². The summed E-state index contributed by atoms with van der Waals surface area (Å²) in [5.41, 5.74) is 0. The van der Waals surface area contributed by atoms with Gasteiger partial charge in [0.2, 0.25) is 0 Å². The molecule has 0 bridgehead atoms. The lowest BCUT2D eigenvalue weighted by molar-refractivity contribution is 0.231. The van der Waals surface area contributed by atoms with Gasteiger partial charge in [0.15, 0.2) is 0 Å². The Hall–Kier alpha value is -0.0400. The molecule has 0 aromatic heterocycles. The molecule has 1 saturated heterocycles. The second-order valence-corrected chi connectivity index (χ2v) is 3.60. The summed E-state index contributed by atoms with van der Waals surface area (Å²) in [6.07, 6.45) is 8.55. The van der Waals surface area contributed by atoms with Crippen LogP contribution in [0.2, 0.25) is 0 Å². The van der Waals surface area contributed by atoms with Gasteiger partial charge >= 0.3 is 0 Å². The highest BCUT2D eigenvalue weighted by Gasteiger charge is 2.26. The third-order valence-electron chi connectivity index (χ3n) is 2.92. The fraction of sp³-hybridized carbons (Fsp3) is 0.889. The van der Waals surface area contributed by atoms with Gasteiger partial charge in [-0.1, -0.05) is 12.8 Å². The summed E-state index contributed by atoms with van der Waals surface area (Å²) in [7, 11) is 0. The van der Waals surface area contributed by atoms with Crippen molar-refractivity contribution in [2.24, 2.45) is 5.92 Å². The second-order valence-electron chi connectivity index (χ2n) is 3.60. The Morgan fingerprint density at radius 1 is 1.10 bits per heavy atom. The zero-order valence-electron chi connectivity index (χ0n) is 6.47. The topological polar surface area (TPSA) is 12.0 Å². The Bertz CT molecular complexity index is 85.3. The Balaban J connectivity index is 1.93. The molecular formula is C9H16N. The lowest BCUT2D eigenvalue weighted by Crippen LogP contribution is -2.40. The van der Waals surface area contributed by atoms with E-state index in [0.29, 0.717) is 0 Å². The summed E-state index contributed by atoms with van der Waals surface area (Å²) < 4.78 is 0. The first kappa shape index (κ1) is 6.66. The van der Waals surface area contributed by atoms with Crippen LogP contribution in [0.15, 0.2) is 0 Å². The quantitative estimate of drug-likeness (QED) is 0.540. The van der Waals surface area contributed by atoms with Crippen LogP contribution in [0, 0.1) is 12.5 Å². The molecule has 2 fully saturated rings. The van der Waals surface area contributed by atoms with Crippen LogP contribution in [0.1, 0.15) is 38.5 Å². The molecule has 57 valence electrons. The van der Waals surface area contributed by atoms with Crippen LogP contribution in [0.25, 0.3) is 0 Å². The van der Waals surface area contributed by atoms with Gasteiger partial charge in [0.1, 0.15) is 0 Å². The molecule has 1 aliphatic heterocycles. The molecule has 0 spiro atoms. The zero-order chi connectivity index (χ0) is 6.81. The fourth-order valence-electron chi connectivity index (χ4n) is 2.30. The van der Waals surface area contributed by atoms with Crippen molar-refractivity contribution < 1.29 is 0 Å². The summed E-state index contributed by atoms with van der Waals surface area (Å²) in [6.45, 7) is 2.26. The second kappa shape index (κ2) is 2.91. The van der Waals surface area contributed by atoms with Crippen molar-refractivity contribution in [3.8, 4) is 0 Å². The van der Waals surface area contributed by atoms with Crippen LogP contribution in [0.4, 0.5) is 0 Å². The molecule has 2 unspecified atom stereocenters. The molecule has 1 saturated carbocycles. The van der Waals surface area contributed by atoms with Gasteiger partial charge in [0, 0.05) is 12.6 Å². The maximum absolute atomic E-state index is 3.50. The van der Waals surface area contributed by atoms with Gasteiger partial charge in [-0.2, -0.15) is 0 Å². The van der Waals surface area contributed by atoms with Crippen LogP contribution in [0.5, 0.6) is 0 Å². The smallest absolute Gasteiger partial charge is 0.0224 e. The summed E-state index contributed by atoms with van der Waals surface area (Å²) in [6, 6.07) is 0.850. The van der Waals surface area contributed by atoms with Crippen molar-refractivity contribution in [3.05, 3.63) is 6.54 Å². The van der Waals surface area contributed by atoms with E-state index in [1.54, 1.807) is 0 Å². The van der Waals surface area contributed by atoms with Gasteiger partial charge in [-0.3, -0.25) is 0 Å². The molecule has 0 aromatic carbocycles. The number of fused-ring (bicyclic) bond motifs is 1. The SMILES string of the molecule is [CH]1CCC2CCCCC2N1. The highest BCUT2D eigenvalue weighted by molar-refractivity contribution is 4.88. The Morgan fingerprint density at radius 2 is 2.00 bits per heavy atom. The lowest BCUT2D eigenvalue weighted by Gasteiger charge is -2.35. The number of nitrogens with one attached hydrogen (secondary N) is 1. The number of rotatable bonds is 0. The van der Waals surface area contributed by atoms with Crippen LogP contribution < -0.4 is 5.32 Å². The Labute approximate surface area is 63.2 Å². The first-order valence-electron chi connectivity index (χ1n) is 4.54. The third-order valence-corrected chi connectivity index (χ3v) is 2.92. The maximum atomic E-state index is 3.50. The van der Waals surface area contributed by atoms with Gasteiger partial charge in [0.25, 0.3) is 0 Å². The first-order valence-corrected chi connectivity index (χ1v) is 4.54. The normalized spacial score (nSPS) is 40.8. The molecule has 2 rings (SSSR count). The van der Waals surface area contributed by atoms with E-state index in [2.05, 4.69) is 11.9 Å². The van der Waals surface area contributed by atoms with E-state index in [-0.39, 0.29) is 0 Å². The van der Waals surface area contributed by atoms with Crippen LogP contribution in [-0.2, 0) is 0 Å². The van der Waals surface area contributed by atoms with E-state index in [9.17, 15) is 0 Å². The van der Waals surface area contributed by atoms with Crippen LogP contribution in [-0.4, -0.2) is 6.04 Å². The minimum atomic E-state index is 0.850. The Kier molecular flexibility index (Phi) is 1.94. The monoisotopic (exact) mass is 138 g/mol. The molecule has 10 heavy (non-hydrogen) atoms. The molecular weight excluding hydrogens is 122 g/mol. The molecule has 1 N–H and O–H groups in total. The summed E-state index contributed by atoms with van der Waals surface area (Å²) in [5, 5.41) is 3.50. The van der Waals surface area contributed by atoms with Crippen molar-refractivity contribution in [1.29, 1.82) is 0 Å². The number of hydrogen-bond acceptors (Lipinski definition) is 1. The average Bonchev–Trinajstić information content (AvgIpc) is 2.05. The van der Waals surface area contributed by atoms with E-state index in [1.807, 2.05) is 0 Å². The van der Waals surface area contributed by atoms with Gasteiger partial charge in [-0.25, -0.2) is 0 Å². The molecule has 2 atom stereocenters. The largest absolute Gasteiger partial charge is 0.309 e. The molecule has 1 heterocycles. The lowest BCUT2D eigenvalue weighted by atomic mass is 9.80. The molecule has 0 aromatic rings. The summed E-state index contributed by atoms with van der Waals surface area (Å²) in [5.74, 6) is 1.01. The van der Waals surface area contributed by atoms with Crippen molar-refractivity contribution in [3.63, 3.8) is 0 Å². The number of hydrogen-bond donors (Lipinski definition) is 1. The van der Waals surface area contributed by atoms with Crippen molar-refractivity contribution in [1.82, 2.24) is 5.32 Å². The first-order chi connectivity index (χ1) is 4.97. The molecule has 1 nitrogen and oxygen atoms in total. The molecule has 0 amide bonds. The summed E-state index contributed by atoms with van der Waals surface area (Å²) >= 11 is 0. The fourth-order valence-corrected chi connectivity index (χ4v) is 2.30. The van der Waals surface area contributed by atoms with Gasteiger partial charge in [0.05, 0.1) is 0 Å². The maximum Gasteiger partial charge on any atom is 0.0224 e. The standard InChI is InChI=1S/C9H16N/c1-2-6-9-8(4-1)5-3-7-10-9/h7-10H,1-6H2. The molecule has 1 aliphatic carbocycles. The molecule has 1 heteroatoms. The highest BCUT2D eigenvalue weighted by Crippen LogP contribution is 2.30. The summed E-state index contributed by atoms with van der Waals surface area (Å²) in [4.78, 5) is 0. The van der Waals surface area contributed by atoms with Crippen molar-refractivity contribution >= 4 is 0 Å². The third kappa shape index (κ3) is 1.20. The van der Waals surface area contributed by atoms with E-state index in [4.69, 9.17) is 0 Å². The van der Waals surface area contributed by atoms with Crippen molar-refractivity contribution in [2.45, 2.75) is 44.6 Å². The minimum absolute atomic E-state index is 0.850. The van der Waals surface area contributed by atoms with Crippen LogP contribution >= 0.6 is 0 Å². The van der Waals surface area contributed by atoms with Gasteiger partial charge in [-0.05, 0) is 31.6 Å². The Morgan fingerprint density at radius 3 is 2.90 bits per heavy atom. The van der Waals surface area contributed by atoms with E-state index in [1.165, 1.54) is 38.5 Å². The molecule has 1 radical (unpaired) electrons. The predicted molar refractivity (Wildman–Crippen MR) is 42.4 cm³/mol. The molecule has 2 aliphatic rings.